The second-order valence-electron chi connectivity index (χ2n) is 4.69. The van der Waals surface area contributed by atoms with Crippen LogP contribution in [0.4, 0.5) is 26.3 Å². The van der Waals surface area contributed by atoms with Crippen molar-refractivity contribution in [3.63, 3.8) is 0 Å². The molecule has 124 valence electrons. The van der Waals surface area contributed by atoms with Gasteiger partial charge in [-0.1, -0.05) is 12.1 Å². The first-order chi connectivity index (χ1) is 9.96. The lowest BCUT2D eigenvalue weighted by molar-refractivity contribution is -0.161. The first kappa shape index (κ1) is 18.3. The van der Waals surface area contributed by atoms with Crippen LogP contribution >= 0.6 is 0 Å². The maximum Gasteiger partial charge on any atom is 0.401 e. The molecule has 1 rings (SSSR count). The maximum absolute atomic E-state index is 12.4. The van der Waals surface area contributed by atoms with E-state index >= 15 is 0 Å². The van der Waals surface area contributed by atoms with Gasteiger partial charge >= 0.3 is 18.3 Å². The lowest BCUT2D eigenvalue weighted by Gasteiger charge is -2.24. The van der Waals surface area contributed by atoms with Crippen molar-refractivity contribution >= 4 is 5.97 Å². The molecule has 0 radical (unpaired) electrons. The van der Waals surface area contributed by atoms with Gasteiger partial charge in [-0.2, -0.15) is 26.3 Å². The number of rotatable bonds is 6. The second kappa shape index (κ2) is 6.99. The monoisotopic (exact) mass is 329 g/mol. The Balaban J connectivity index is 2.76. The van der Waals surface area contributed by atoms with Gasteiger partial charge in [0.25, 0.3) is 0 Å². The van der Waals surface area contributed by atoms with E-state index in [2.05, 4.69) is 0 Å². The molecule has 0 aromatic heterocycles. The average molecular weight is 329 g/mol. The van der Waals surface area contributed by atoms with E-state index in [0.29, 0.717) is 10.5 Å². The highest BCUT2D eigenvalue weighted by Crippen LogP contribution is 2.23. The van der Waals surface area contributed by atoms with Crippen LogP contribution in [0.3, 0.4) is 0 Å². The molecule has 0 unspecified atom stereocenters. The number of carboxylic acid groups (broad SMARTS) is 1. The van der Waals surface area contributed by atoms with Crippen molar-refractivity contribution in [3.05, 3.63) is 35.4 Å². The van der Waals surface area contributed by atoms with Crippen LogP contribution in [0.5, 0.6) is 0 Å². The highest BCUT2D eigenvalue weighted by molar-refractivity contribution is 5.87. The third-order valence-corrected chi connectivity index (χ3v) is 2.72. The van der Waals surface area contributed by atoms with E-state index in [1.807, 2.05) is 0 Å². The molecule has 3 nitrogen and oxygen atoms in total. The molecule has 0 heterocycles. The Labute approximate surface area is 122 Å². The molecular formula is C13H13F6NO2. The zero-order chi connectivity index (χ0) is 17.0. The molecule has 0 amide bonds. The maximum atomic E-state index is 12.4. The van der Waals surface area contributed by atoms with Crippen LogP contribution in [0, 0.1) is 0 Å². The molecule has 1 aromatic carbocycles. The summed E-state index contributed by atoms with van der Waals surface area (Å²) in [7, 11) is 0. The van der Waals surface area contributed by atoms with Gasteiger partial charge in [0.2, 0.25) is 0 Å². The van der Waals surface area contributed by atoms with Gasteiger partial charge in [0.15, 0.2) is 0 Å². The van der Waals surface area contributed by atoms with Crippen LogP contribution < -0.4 is 0 Å². The second-order valence-corrected chi connectivity index (χ2v) is 4.69. The standard InChI is InChI=1S/C13H13F6NO2/c14-12(15,16)5-6-20(8-13(17,18)19)7-9-1-3-10(4-2-9)11(21)22/h1-4H,5-8H2,(H,21,22). The minimum Gasteiger partial charge on any atom is -0.478 e. The Morgan fingerprint density at radius 1 is 1.00 bits per heavy atom. The molecule has 0 saturated heterocycles. The molecule has 9 heteroatoms. The Morgan fingerprint density at radius 2 is 1.55 bits per heavy atom. The lowest BCUT2D eigenvalue weighted by atomic mass is 10.1. The minimum absolute atomic E-state index is 0.0542. The van der Waals surface area contributed by atoms with Crippen LogP contribution in [0.1, 0.15) is 22.3 Å². The Hall–Kier alpha value is -1.77. The molecule has 0 aliphatic carbocycles. The summed E-state index contributed by atoms with van der Waals surface area (Å²) in [5, 5.41) is 8.70. The fourth-order valence-electron chi connectivity index (χ4n) is 1.76. The number of hydrogen-bond donors (Lipinski definition) is 1. The van der Waals surface area contributed by atoms with Crippen LogP contribution in [0.2, 0.25) is 0 Å². The van der Waals surface area contributed by atoms with Crippen LogP contribution in [0.15, 0.2) is 24.3 Å². The molecular weight excluding hydrogens is 316 g/mol. The number of aromatic carboxylic acids is 1. The van der Waals surface area contributed by atoms with Gasteiger partial charge in [-0.25, -0.2) is 4.79 Å². The normalized spacial score (nSPS) is 12.7. The van der Waals surface area contributed by atoms with E-state index in [1.165, 1.54) is 24.3 Å². The Bertz CT molecular complexity index is 495. The van der Waals surface area contributed by atoms with E-state index < -0.39 is 37.8 Å². The topological polar surface area (TPSA) is 40.5 Å². The third-order valence-electron chi connectivity index (χ3n) is 2.72. The molecule has 0 saturated carbocycles. The van der Waals surface area contributed by atoms with Gasteiger partial charge in [0, 0.05) is 13.1 Å². The fraction of sp³-hybridized carbons (Fsp3) is 0.462. The molecule has 0 spiro atoms. The summed E-state index contributed by atoms with van der Waals surface area (Å²) in [4.78, 5) is 11.3. The molecule has 1 N–H and O–H groups in total. The predicted molar refractivity (Wildman–Crippen MR) is 65.4 cm³/mol. The van der Waals surface area contributed by atoms with E-state index in [1.54, 1.807) is 0 Å². The zero-order valence-electron chi connectivity index (χ0n) is 11.2. The number of carboxylic acids is 1. The van der Waals surface area contributed by atoms with Crippen molar-refractivity contribution < 1.29 is 36.2 Å². The van der Waals surface area contributed by atoms with Gasteiger partial charge in [-0.05, 0) is 17.7 Å². The summed E-state index contributed by atoms with van der Waals surface area (Å²) in [6.07, 6.45) is -10.5. The van der Waals surface area contributed by atoms with E-state index in [-0.39, 0.29) is 12.1 Å². The smallest absolute Gasteiger partial charge is 0.401 e. The van der Waals surface area contributed by atoms with Crippen molar-refractivity contribution in [2.24, 2.45) is 0 Å². The summed E-state index contributed by atoms with van der Waals surface area (Å²) in [5.41, 5.74) is 0.248. The number of alkyl halides is 6. The van der Waals surface area contributed by atoms with Crippen molar-refractivity contribution in [1.82, 2.24) is 4.90 Å². The first-order valence-electron chi connectivity index (χ1n) is 6.14. The quantitative estimate of drug-likeness (QED) is 0.809. The predicted octanol–water partition coefficient (Wildman–Crippen LogP) is 3.70. The average Bonchev–Trinajstić information content (AvgIpc) is 2.34. The van der Waals surface area contributed by atoms with E-state index in [0.717, 1.165) is 0 Å². The summed E-state index contributed by atoms with van der Waals surface area (Å²) < 4.78 is 73.7. The summed E-state index contributed by atoms with van der Waals surface area (Å²) in [6, 6.07) is 4.93. The molecule has 0 aliphatic rings. The van der Waals surface area contributed by atoms with Gasteiger partial charge in [-0.3, -0.25) is 4.90 Å². The molecule has 22 heavy (non-hydrogen) atoms. The number of hydrogen-bond acceptors (Lipinski definition) is 2. The summed E-state index contributed by atoms with van der Waals surface area (Å²) in [6.45, 7) is -2.61. The molecule has 0 fully saturated rings. The van der Waals surface area contributed by atoms with Crippen LogP contribution in [0.25, 0.3) is 0 Å². The van der Waals surface area contributed by atoms with Gasteiger partial charge in [0.1, 0.15) is 0 Å². The summed E-state index contributed by atoms with van der Waals surface area (Å²) in [5.74, 6) is -1.20. The van der Waals surface area contributed by atoms with Crippen molar-refractivity contribution in [2.45, 2.75) is 25.3 Å². The van der Waals surface area contributed by atoms with E-state index in [4.69, 9.17) is 5.11 Å². The molecule has 0 aliphatic heterocycles. The Morgan fingerprint density at radius 3 is 1.95 bits per heavy atom. The van der Waals surface area contributed by atoms with E-state index in [9.17, 15) is 31.1 Å². The van der Waals surface area contributed by atoms with Gasteiger partial charge < -0.3 is 5.11 Å². The number of nitrogens with zero attached hydrogens (tertiary/aromatic N) is 1. The van der Waals surface area contributed by atoms with Crippen LogP contribution in [-0.4, -0.2) is 41.4 Å². The highest BCUT2D eigenvalue weighted by atomic mass is 19.4. The molecule has 0 atom stereocenters. The number of halogens is 6. The largest absolute Gasteiger partial charge is 0.478 e. The lowest BCUT2D eigenvalue weighted by Crippen LogP contribution is -2.36. The first-order valence-corrected chi connectivity index (χ1v) is 6.14. The number of carbonyl (C=O) groups is 1. The molecule has 0 bridgehead atoms. The third kappa shape index (κ3) is 7.30. The Kier molecular flexibility index (Phi) is 5.81. The summed E-state index contributed by atoms with van der Waals surface area (Å²) >= 11 is 0. The van der Waals surface area contributed by atoms with Crippen molar-refractivity contribution in [1.29, 1.82) is 0 Å². The minimum atomic E-state index is -4.62. The molecule has 1 aromatic rings. The number of benzene rings is 1. The highest BCUT2D eigenvalue weighted by Gasteiger charge is 2.33. The van der Waals surface area contributed by atoms with Gasteiger partial charge in [0.05, 0.1) is 18.5 Å². The van der Waals surface area contributed by atoms with Gasteiger partial charge in [-0.15, -0.1) is 0 Å². The van der Waals surface area contributed by atoms with Crippen LogP contribution in [-0.2, 0) is 6.54 Å². The fourth-order valence-corrected chi connectivity index (χ4v) is 1.76. The SMILES string of the molecule is O=C(O)c1ccc(CN(CCC(F)(F)F)CC(F)(F)F)cc1. The van der Waals surface area contributed by atoms with Crippen molar-refractivity contribution in [3.8, 4) is 0 Å². The zero-order valence-corrected chi connectivity index (χ0v) is 11.2. The van der Waals surface area contributed by atoms with Crippen molar-refractivity contribution in [2.75, 3.05) is 13.1 Å².